The van der Waals surface area contributed by atoms with E-state index in [0.29, 0.717) is 0 Å². The molecule has 3 heteroatoms. The molecule has 0 aliphatic heterocycles. The van der Waals surface area contributed by atoms with Gasteiger partial charge in [-0.15, -0.1) is 0 Å². The van der Waals surface area contributed by atoms with Crippen molar-refractivity contribution in [1.82, 2.24) is 5.43 Å². The molecular weight excluding hydrogens is 160 g/mol. The van der Waals surface area contributed by atoms with Crippen molar-refractivity contribution in [3.8, 4) is 0 Å². The lowest BCUT2D eigenvalue weighted by molar-refractivity contribution is 0.602. The standard InChI is InChI=1S/C8H11ClN2/c1-6(11-10)7-2-4-8(9)5-3-7/h2-6,11H,10H2,1H3. The van der Waals surface area contributed by atoms with Gasteiger partial charge in [0.25, 0.3) is 0 Å². The first-order valence-electron chi connectivity index (χ1n) is 3.45. The monoisotopic (exact) mass is 170 g/mol. The van der Waals surface area contributed by atoms with Crippen LogP contribution in [0.15, 0.2) is 24.3 Å². The molecule has 0 fully saturated rings. The number of halogens is 1. The average molecular weight is 171 g/mol. The summed E-state index contributed by atoms with van der Waals surface area (Å²) in [5, 5.41) is 0.748. The van der Waals surface area contributed by atoms with E-state index in [9.17, 15) is 0 Å². The van der Waals surface area contributed by atoms with Crippen LogP contribution in [0, 0.1) is 0 Å². The average Bonchev–Trinajstić information content (AvgIpc) is 2.05. The van der Waals surface area contributed by atoms with Crippen LogP contribution in [0.2, 0.25) is 5.02 Å². The van der Waals surface area contributed by atoms with Gasteiger partial charge < -0.3 is 0 Å². The van der Waals surface area contributed by atoms with Gasteiger partial charge in [-0.2, -0.15) is 0 Å². The Hall–Kier alpha value is -0.570. The van der Waals surface area contributed by atoms with E-state index in [1.807, 2.05) is 31.2 Å². The number of hydrogen-bond acceptors (Lipinski definition) is 2. The fourth-order valence-electron chi connectivity index (χ4n) is 0.848. The molecular formula is C8H11ClN2. The van der Waals surface area contributed by atoms with E-state index >= 15 is 0 Å². The van der Waals surface area contributed by atoms with Crippen molar-refractivity contribution in [3.63, 3.8) is 0 Å². The van der Waals surface area contributed by atoms with Crippen molar-refractivity contribution in [2.24, 2.45) is 5.84 Å². The highest BCUT2D eigenvalue weighted by Gasteiger charge is 2.00. The highest BCUT2D eigenvalue weighted by atomic mass is 35.5. The van der Waals surface area contributed by atoms with Gasteiger partial charge in [0.05, 0.1) is 0 Å². The summed E-state index contributed by atoms with van der Waals surface area (Å²) in [4.78, 5) is 0. The van der Waals surface area contributed by atoms with E-state index in [2.05, 4.69) is 5.43 Å². The van der Waals surface area contributed by atoms with Crippen LogP contribution in [0.4, 0.5) is 0 Å². The van der Waals surface area contributed by atoms with Crippen molar-refractivity contribution >= 4 is 11.6 Å². The summed E-state index contributed by atoms with van der Waals surface area (Å²) in [7, 11) is 0. The molecule has 0 amide bonds. The maximum atomic E-state index is 5.71. The largest absolute Gasteiger partial charge is 0.271 e. The molecule has 3 N–H and O–H groups in total. The molecule has 1 atom stereocenters. The Kier molecular flexibility index (Phi) is 2.88. The first-order valence-corrected chi connectivity index (χ1v) is 3.83. The second-order valence-electron chi connectivity index (χ2n) is 2.44. The van der Waals surface area contributed by atoms with E-state index in [1.165, 1.54) is 0 Å². The molecule has 0 saturated carbocycles. The van der Waals surface area contributed by atoms with Crippen molar-refractivity contribution in [2.45, 2.75) is 13.0 Å². The third kappa shape index (κ3) is 2.19. The minimum Gasteiger partial charge on any atom is -0.271 e. The summed E-state index contributed by atoms with van der Waals surface area (Å²) in [6, 6.07) is 7.78. The minimum absolute atomic E-state index is 0.173. The Bertz CT molecular complexity index is 220. The molecule has 1 aromatic rings. The van der Waals surface area contributed by atoms with Crippen molar-refractivity contribution in [2.75, 3.05) is 0 Å². The topological polar surface area (TPSA) is 38.0 Å². The van der Waals surface area contributed by atoms with Crippen LogP contribution < -0.4 is 11.3 Å². The number of benzene rings is 1. The number of rotatable bonds is 2. The SMILES string of the molecule is CC(NN)c1ccc(Cl)cc1. The smallest absolute Gasteiger partial charge is 0.0431 e. The second kappa shape index (κ2) is 3.72. The Morgan fingerprint density at radius 1 is 1.36 bits per heavy atom. The summed E-state index contributed by atoms with van der Waals surface area (Å²) in [5.74, 6) is 5.26. The van der Waals surface area contributed by atoms with Crippen LogP contribution in [0.5, 0.6) is 0 Å². The molecule has 0 saturated heterocycles. The number of hydrogen-bond donors (Lipinski definition) is 2. The fraction of sp³-hybridized carbons (Fsp3) is 0.250. The quantitative estimate of drug-likeness (QED) is 0.525. The van der Waals surface area contributed by atoms with Gasteiger partial charge in [-0.25, -0.2) is 0 Å². The lowest BCUT2D eigenvalue weighted by atomic mass is 10.1. The van der Waals surface area contributed by atoms with Crippen LogP contribution in [-0.2, 0) is 0 Å². The third-order valence-corrected chi connectivity index (χ3v) is 1.87. The summed E-state index contributed by atoms with van der Waals surface area (Å²) in [6.07, 6.45) is 0. The van der Waals surface area contributed by atoms with Crippen molar-refractivity contribution in [1.29, 1.82) is 0 Å². The van der Waals surface area contributed by atoms with Gasteiger partial charge in [0.2, 0.25) is 0 Å². The van der Waals surface area contributed by atoms with E-state index in [4.69, 9.17) is 17.4 Å². The van der Waals surface area contributed by atoms with E-state index < -0.39 is 0 Å². The number of nitrogens with two attached hydrogens (primary N) is 1. The minimum atomic E-state index is 0.173. The summed E-state index contributed by atoms with van der Waals surface area (Å²) >= 11 is 5.71. The van der Waals surface area contributed by atoms with Crippen LogP contribution >= 0.6 is 11.6 Å². The zero-order valence-corrected chi connectivity index (χ0v) is 7.10. The predicted octanol–water partition coefficient (Wildman–Crippen LogP) is 1.86. The zero-order valence-electron chi connectivity index (χ0n) is 6.34. The highest BCUT2D eigenvalue weighted by Crippen LogP contribution is 2.14. The summed E-state index contributed by atoms with van der Waals surface area (Å²) in [6.45, 7) is 1.99. The summed E-state index contributed by atoms with van der Waals surface area (Å²) in [5.41, 5.74) is 3.79. The maximum Gasteiger partial charge on any atom is 0.0431 e. The molecule has 60 valence electrons. The van der Waals surface area contributed by atoms with Gasteiger partial charge in [0.1, 0.15) is 0 Å². The molecule has 0 bridgehead atoms. The molecule has 0 spiro atoms. The Labute approximate surface area is 71.3 Å². The normalized spacial score (nSPS) is 13.0. The Balaban J connectivity index is 2.81. The van der Waals surface area contributed by atoms with Crippen LogP contribution in [0.1, 0.15) is 18.5 Å². The molecule has 0 aliphatic rings. The molecule has 1 rings (SSSR count). The molecule has 0 aromatic heterocycles. The molecule has 11 heavy (non-hydrogen) atoms. The maximum absolute atomic E-state index is 5.71. The molecule has 1 unspecified atom stereocenters. The van der Waals surface area contributed by atoms with Gasteiger partial charge in [0.15, 0.2) is 0 Å². The molecule has 0 heterocycles. The highest BCUT2D eigenvalue weighted by molar-refractivity contribution is 6.30. The van der Waals surface area contributed by atoms with Gasteiger partial charge in [-0.05, 0) is 24.6 Å². The lowest BCUT2D eigenvalue weighted by Gasteiger charge is -2.09. The van der Waals surface area contributed by atoms with Crippen molar-refractivity contribution < 1.29 is 0 Å². The van der Waals surface area contributed by atoms with Gasteiger partial charge >= 0.3 is 0 Å². The number of nitrogens with one attached hydrogen (secondary N) is 1. The second-order valence-corrected chi connectivity index (χ2v) is 2.88. The van der Waals surface area contributed by atoms with Crippen LogP contribution in [0.3, 0.4) is 0 Å². The van der Waals surface area contributed by atoms with Crippen molar-refractivity contribution in [3.05, 3.63) is 34.9 Å². The molecule has 2 nitrogen and oxygen atoms in total. The summed E-state index contributed by atoms with van der Waals surface area (Å²) < 4.78 is 0. The van der Waals surface area contributed by atoms with Gasteiger partial charge in [-0.3, -0.25) is 11.3 Å². The molecule has 0 aliphatic carbocycles. The number of hydrazine groups is 1. The first kappa shape index (κ1) is 8.53. The Morgan fingerprint density at radius 2 is 1.91 bits per heavy atom. The van der Waals surface area contributed by atoms with Gasteiger partial charge in [-0.1, -0.05) is 23.7 Å². The van der Waals surface area contributed by atoms with E-state index in [1.54, 1.807) is 0 Å². The molecule has 1 aromatic carbocycles. The predicted molar refractivity (Wildman–Crippen MR) is 47.2 cm³/mol. The Morgan fingerprint density at radius 3 is 2.36 bits per heavy atom. The van der Waals surface area contributed by atoms with E-state index in [0.717, 1.165) is 10.6 Å². The van der Waals surface area contributed by atoms with Gasteiger partial charge in [0, 0.05) is 11.1 Å². The van der Waals surface area contributed by atoms with Crippen LogP contribution in [-0.4, -0.2) is 0 Å². The van der Waals surface area contributed by atoms with Crippen LogP contribution in [0.25, 0.3) is 0 Å². The fourth-order valence-corrected chi connectivity index (χ4v) is 0.974. The zero-order chi connectivity index (χ0) is 8.27. The first-order chi connectivity index (χ1) is 5.24. The molecule has 0 radical (unpaired) electrons. The lowest BCUT2D eigenvalue weighted by Crippen LogP contribution is -2.25. The third-order valence-electron chi connectivity index (χ3n) is 1.62. The van der Waals surface area contributed by atoms with E-state index in [-0.39, 0.29) is 6.04 Å².